The van der Waals surface area contributed by atoms with Crippen LogP contribution in [-0.4, -0.2) is 50.9 Å². The molecule has 25 heavy (non-hydrogen) atoms. The van der Waals surface area contributed by atoms with Crippen molar-refractivity contribution in [2.45, 2.75) is 57.0 Å². The monoisotopic (exact) mass is 388 g/mol. The molecule has 0 aromatic carbocycles. The number of methoxy groups -OCH3 is 1. The molecule has 0 radical (unpaired) electrons. The topological polar surface area (TPSA) is 92.8 Å². The van der Waals surface area contributed by atoms with Crippen LogP contribution >= 0.6 is 11.3 Å². The van der Waals surface area contributed by atoms with Gasteiger partial charge < -0.3 is 9.64 Å². The van der Waals surface area contributed by atoms with Crippen LogP contribution in [0.1, 0.15) is 48.3 Å². The normalized spacial score (nSPS) is 19.5. The quantitative estimate of drug-likeness (QED) is 0.778. The molecule has 9 heteroatoms. The lowest BCUT2D eigenvalue weighted by Gasteiger charge is -2.35. The molecule has 0 aliphatic carbocycles. The Morgan fingerprint density at radius 1 is 1.40 bits per heavy atom. The first kappa shape index (κ1) is 19.9. The number of esters is 1. The number of nitrogens with zero attached hydrogens (tertiary/aromatic N) is 1. The van der Waals surface area contributed by atoms with Gasteiger partial charge in [-0.15, -0.1) is 11.3 Å². The van der Waals surface area contributed by atoms with Gasteiger partial charge in [0.25, 0.3) is 0 Å². The first-order chi connectivity index (χ1) is 11.7. The zero-order valence-electron chi connectivity index (χ0n) is 14.9. The Morgan fingerprint density at radius 2 is 2.08 bits per heavy atom. The van der Waals surface area contributed by atoms with Gasteiger partial charge in [0.15, 0.2) is 0 Å². The van der Waals surface area contributed by atoms with Gasteiger partial charge in [-0.3, -0.25) is 4.79 Å². The van der Waals surface area contributed by atoms with Crippen LogP contribution < -0.4 is 4.72 Å². The fourth-order valence-corrected chi connectivity index (χ4v) is 5.92. The van der Waals surface area contributed by atoms with E-state index in [1.54, 1.807) is 17.2 Å². The molecule has 0 spiro atoms. The van der Waals surface area contributed by atoms with E-state index >= 15 is 0 Å². The third kappa shape index (κ3) is 4.21. The van der Waals surface area contributed by atoms with Gasteiger partial charge in [0, 0.05) is 12.6 Å². The van der Waals surface area contributed by atoms with Crippen molar-refractivity contribution in [3.05, 3.63) is 15.8 Å². The highest BCUT2D eigenvalue weighted by Gasteiger charge is 2.33. The third-order valence-electron chi connectivity index (χ3n) is 4.35. The van der Waals surface area contributed by atoms with Crippen molar-refractivity contribution >= 4 is 33.2 Å². The van der Waals surface area contributed by atoms with E-state index in [4.69, 9.17) is 0 Å². The number of thiophene rings is 1. The van der Waals surface area contributed by atoms with Crippen LogP contribution in [0, 0.1) is 6.92 Å². The Labute approximate surface area is 152 Å². The molecule has 0 bridgehead atoms. The maximum absolute atomic E-state index is 12.8. The van der Waals surface area contributed by atoms with Gasteiger partial charge in [-0.2, -0.15) is 4.72 Å². The van der Waals surface area contributed by atoms with E-state index in [1.807, 2.05) is 6.92 Å². The molecule has 2 heterocycles. The number of sulfonamides is 1. The van der Waals surface area contributed by atoms with Crippen LogP contribution in [-0.2, 0) is 19.6 Å². The zero-order chi connectivity index (χ0) is 18.8. The van der Waals surface area contributed by atoms with Crippen molar-refractivity contribution in [1.82, 2.24) is 9.62 Å². The number of piperidine rings is 1. The second-order valence-corrected chi connectivity index (χ2v) is 8.82. The molecule has 2 rings (SSSR count). The largest absolute Gasteiger partial charge is 0.465 e. The molecule has 1 N–H and O–H groups in total. The number of aryl methyl sites for hydroxylation is 1. The predicted octanol–water partition coefficient (Wildman–Crippen LogP) is 1.91. The minimum absolute atomic E-state index is 0.0125. The van der Waals surface area contributed by atoms with Gasteiger partial charge in [-0.25, -0.2) is 13.2 Å². The Kier molecular flexibility index (Phi) is 6.23. The Balaban J connectivity index is 2.22. The maximum atomic E-state index is 12.8. The summed E-state index contributed by atoms with van der Waals surface area (Å²) in [4.78, 5) is 26.1. The van der Waals surface area contributed by atoms with E-state index in [9.17, 15) is 18.0 Å². The molecule has 1 fully saturated rings. The van der Waals surface area contributed by atoms with Gasteiger partial charge >= 0.3 is 5.97 Å². The highest BCUT2D eigenvalue weighted by molar-refractivity contribution is 7.89. The van der Waals surface area contributed by atoms with Gasteiger partial charge in [0.05, 0.1) is 13.2 Å². The fraction of sp³-hybridized carbons (Fsp3) is 0.625. The number of likely N-dealkylation sites (tertiary alicyclic amines) is 1. The summed E-state index contributed by atoms with van der Waals surface area (Å²) >= 11 is 1.01. The minimum atomic E-state index is -4.02. The number of nitrogens with one attached hydrogen (secondary N) is 1. The van der Waals surface area contributed by atoms with E-state index in [0.29, 0.717) is 12.1 Å². The van der Waals surface area contributed by atoms with Crippen LogP contribution in [0.25, 0.3) is 0 Å². The van der Waals surface area contributed by atoms with Gasteiger partial charge in [0.2, 0.25) is 15.9 Å². The summed E-state index contributed by atoms with van der Waals surface area (Å²) in [6.45, 7) is 5.74. The average Bonchev–Trinajstić information content (AvgIpc) is 2.96. The second-order valence-electron chi connectivity index (χ2n) is 6.29. The van der Waals surface area contributed by atoms with Crippen molar-refractivity contribution < 1.29 is 22.7 Å². The van der Waals surface area contributed by atoms with Crippen molar-refractivity contribution in [2.75, 3.05) is 13.7 Å². The standard InChI is InChI=1S/C16H24N2O5S2/c1-10-9-24-13(16(20)23-4)14(10)25(21,22)17-12(3)15(19)18-8-6-5-7-11(18)2/h9,11-12,17H,5-8H2,1-4H3/t11-,12-/m1/s1. The van der Waals surface area contributed by atoms with Crippen molar-refractivity contribution in [2.24, 2.45) is 0 Å². The Hall–Kier alpha value is -1.45. The van der Waals surface area contributed by atoms with E-state index in [-0.39, 0.29) is 21.7 Å². The summed E-state index contributed by atoms with van der Waals surface area (Å²) in [6.07, 6.45) is 2.91. The van der Waals surface area contributed by atoms with E-state index in [2.05, 4.69) is 9.46 Å². The number of amides is 1. The van der Waals surface area contributed by atoms with Crippen molar-refractivity contribution in [3.8, 4) is 0 Å². The first-order valence-corrected chi connectivity index (χ1v) is 10.5. The van der Waals surface area contributed by atoms with Crippen LogP contribution in [0.15, 0.2) is 10.3 Å². The van der Waals surface area contributed by atoms with Crippen LogP contribution in [0.3, 0.4) is 0 Å². The number of ether oxygens (including phenoxy) is 1. The highest BCUT2D eigenvalue weighted by atomic mass is 32.2. The lowest BCUT2D eigenvalue weighted by atomic mass is 10.0. The SMILES string of the molecule is COC(=O)c1scc(C)c1S(=O)(=O)N[C@H](C)C(=O)N1CCCC[C@H]1C. The lowest BCUT2D eigenvalue weighted by Crippen LogP contribution is -2.51. The maximum Gasteiger partial charge on any atom is 0.349 e. The fourth-order valence-electron chi connectivity index (χ4n) is 3.02. The minimum Gasteiger partial charge on any atom is -0.465 e. The van der Waals surface area contributed by atoms with Crippen LogP contribution in [0.5, 0.6) is 0 Å². The Morgan fingerprint density at radius 3 is 2.68 bits per heavy atom. The van der Waals surface area contributed by atoms with E-state index < -0.39 is 22.0 Å². The number of carbonyl (C=O) groups is 2. The molecule has 140 valence electrons. The predicted molar refractivity (Wildman–Crippen MR) is 95.2 cm³/mol. The molecule has 0 unspecified atom stereocenters. The van der Waals surface area contributed by atoms with Crippen LogP contribution in [0.4, 0.5) is 0 Å². The highest BCUT2D eigenvalue weighted by Crippen LogP contribution is 2.28. The van der Waals surface area contributed by atoms with E-state index in [1.165, 1.54) is 14.0 Å². The first-order valence-electron chi connectivity index (χ1n) is 8.18. The zero-order valence-corrected chi connectivity index (χ0v) is 16.5. The van der Waals surface area contributed by atoms with Gasteiger partial charge in [0.1, 0.15) is 9.77 Å². The summed E-state index contributed by atoms with van der Waals surface area (Å²) in [5.41, 5.74) is 0.448. The molecular formula is C16H24N2O5S2. The Bertz CT molecular complexity index is 757. The molecule has 7 nitrogen and oxygen atoms in total. The van der Waals surface area contributed by atoms with Gasteiger partial charge in [-0.1, -0.05) is 0 Å². The van der Waals surface area contributed by atoms with Crippen molar-refractivity contribution in [3.63, 3.8) is 0 Å². The molecule has 1 aromatic heterocycles. The van der Waals surface area contributed by atoms with Crippen LogP contribution in [0.2, 0.25) is 0 Å². The smallest absolute Gasteiger partial charge is 0.349 e. The molecule has 2 atom stereocenters. The molecule has 1 aliphatic rings. The number of hydrogen-bond acceptors (Lipinski definition) is 6. The van der Waals surface area contributed by atoms with Gasteiger partial charge in [-0.05, 0) is 51.0 Å². The molecule has 1 amide bonds. The summed E-state index contributed by atoms with van der Waals surface area (Å²) < 4.78 is 32.6. The summed E-state index contributed by atoms with van der Waals surface area (Å²) in [7, 11) is -2.82. The second kappa shape index (κ2) is 7.84. The molecule has 0 saturated carbocycles. The molecular weight excluding hydrogens is 364 g/mol. The third-order valence-corrected chi connectivity index (χ3v) is 7.28. The van der Waals surface area contributed by atoms with E-state index in [0.717, 1.165) is 30.6 Å². The number of carbonyl (C=O) groups excluding carboxylic acids is 2. The summed E-state index contributed by atoms with van der Waals surface area (Å²) in [5.74, 6) is -0.953. The number of rotatable bonds is 5. The molecule has 1 aliphatic heterocycles. The lowest BCUT2D eigenvalue weighted by molar-refractivity contribution is -0.135. The molecule has 1 aromatic rings. The number of hydrogen-bond donors (Lipinski definition) is 1. The summed E-state index contributed by atoms with van der Waals surface area (Å²) in [5, 5.41) is 1.58. The van der Waals surface area contributed by atoms with Crippen molar-refractivity contribution in [1.29, 1.82) is 0 Å². The molecule has 1 saturated heterocycles. The summed E-state index contributed by atoms with van der Waals surface area (Å²) in [6, 6.07) is -0.808. The average molecular weight is 389 g/mol.